The van der Waals surface area contributed by atoms with Crippen LogP contribution in [-0.2, 0) is 6.54 Å². The van der Waals surface area contributed by atoms with E-state index < -0.39 is 0 Å². The second kappa shape index (κ2) is 5.47. The summed E-state index contributed by atoms with van der Waals surface area (Å²) in [7, 11) is 0. The van der Waals surface area contributed by atoms with Crippen molar-refractivity contribution in [2.75, 3.05) is 0 Å². The van der Waals surface area contributed by atoms with Crippen molar-refractivity contribution in [2.45, 2.75) is 19.5 Å². The minimum atomic E-state index is -0.192. The molecule has 0 bridgehead atoms. The average Bonchev–Trinajstić information content (AvgIpc) is 2.93. The number of H-pyrrole nitrogens is 1. The minimum absolute atomic E-state index is 0.107. The van der Waals surface area contributed by atoms with Crippen molar-refractivity contribution in [3.05, 3.63) is 71.7 Å². The third kappa shape index (κ3) is 2.58. The summed E-state index contributed by atoms with van der Waals surface area (Å²) in [5.74, 6) is -0.192. The Morgan fingerprint density at radius 1 is 1.15 bits per heavy atom. The highest BCUT2D eigenvalue weighted by molar-refractivity contribution is 5.82. The molecule has 0 saturated heterocycles. The van der Waals surface area contributed by atoms with Crippen LogP contribution in [0.25, 0.3) is 10.9 Å². The first-order chi connectivity index (χ1) is 9.74. The van der Waals surface area contributed by atoms with Gasteiger partial charge in [-0.2, -0.15) is 0 Å². The molecule has 3 heteroatoms. The highest BCUT2D eigenvalue weighted by Gasteiger charge is 2.07. The van der Waals surface area contributed by atoms with Crippen LogP contribution in [0.3, 0.4) is 0 Å². The lowest BCUT2D eigenvalue weighted by Crippen LogP contribution is -2.18. The Labute approximate surface area is 117 Å². The van der Waals surface area contributed by atoms with Crippen LogP contribution < -0.4 is 5.32 Å². The minimum Gasteiger partial charge on any atom is -0.361 e. The Morgan fingerprint density at radius 2 is 2.00 bits per heavy atom. The molecule has 20 heavy (non-hydrogen) atoms. The maximum absolute atomic E-state index is 13.2. The number of fused-ring (bicyclic) bond motifs is 1. The van der Waals surface area contributed by atoms with Crippen molar-refractivity contribution in [1.82, 2.24) is 10.3 Å². The molecule has 2 nitrogen and oxygen atoms in total. The van der Waals surface area contributed by atoms with E-state index in [-0.39, 0.29) is 11.9 Å². The first kappa shape index (κ1) is 12.9. The fourth-order valence-corrected chi connectivity index (χ4v) is 2.45. The van der Waals surface area contributed by atoms with Gasteiger partial charge in [-0.3, -0.25) is 0 Å². The molecule has 0 fully saturated rings. The maximum atomic E-state index is 13.2. The number of aromatic nitrogens is 1. The number of hydrogen-bond donors (Lipinski definition) is 2. The highest BCUT2D eigenvalue weighted by atomic mass is 19.1. The van der Waals surface area contributed by atoms with Gasteiger partial charge < -0.3 is 10.3 Å². The Hall–Kier alpha value is -2.13. The number of nitrogens with one attached hydrogen (secondary N) is 2. The molecule has 1 heterocycles. The molecule has 102 valence electrons. The molecule has 0 spiro atoms. The largest absolute Gasteiger partial charge is 0.361 e. The molecule has 0 unspecified atom stereocenters. The van der Waals surface area contributed by atoms with Crippen LogP contribution in [-0.4, -0.2) is 4.98 Å². The molecule has 0 radical (unpaired) electrons. The number of benzene rings is 2. The summed E-state index contributed by atoms with van der Waals surface area (Å²) in [6, 6.07) is 15.1. The molecular weight excluding hydrogens is 251 g/mol. The van der Waals surface area contributed by atoms with E-state index in [0.29, 0.717) is 0 Å². The molecule has 0 saturated carbocycles. The van der Waals surface area contributed by atoms with Crippen LogP contribution in [0.2, 0.25) is 0 Å². The van der Waals surface area contributed by atoms with Gasteiger partial charge in [0, 0.05) is 24.3 Å². The molecule has 2 aromatic carbocycles. The monoisotopic (exact) mass is 268 g/mol. The van der Waals surface area contributed by atoms with Gasteiger partial charge in [0.05, 0.1) is 0 Å². The molecule has 3 aromatic rings. The predicted molar refractivity (Wildman–Crippen MR) is 80.0 cm³/mol. The molecule has 3 rings (SSSR count). The average molecular weight is 268 g/mol. The second-order valence-corrected chi connectivity index (χ2v) is 5.02. The smallest absolute Gasteiger partial charge is 0.123 e. The Balaban J connectivity index is 1.74. The molecule has 1 atom stereocenters. The molecular formula is C17H17FN2. The number of halogens is 1. The van der Waals surface area contributed by atoms with Crippen LogP contribution >= 0.6 is 0 Å². The van der Waals surface area contributed by atoms with Gasteiger partial charge in [0.1, 0.15) is 5.82 Å². The van der Waals surface area contributed by atoms with E-state index in [9.17, 15) is 4.39 Å². The lowest BCUT2D eigenvalue weighted by molar-refractivity contribution is 0.566. The number of rotatable bonds is 4. The number of aromatic amines is 1. The van der Waals surface area contributed by atoms with Crippen LogP contribution in [0, 0.1) is 5.82 Å². The third-order valence-electron chi connectivity index (χ3n) is 3.62. The SMILES string of the molecule is C[C@H](NCc1cccc2cc[nH]c12)c1cccc(F)c1. The molecule has 2 N–H and O–H groups in total. The van der Waals surface area contributed by atoms with Gasteiger partial charge in [-0.25, -0.2) is 4.39 Å². The molecule has 0 amide bonds. The van der Waals surface area contributed by atoms with Crippen molar-refractivity contribution >= 4 is 10.9 Å². The van der Waals surface area contributed by atoms with Crippen LogP contribution in [0.15, 0.2) is 54.7 Å². The van der Waals surface area contributed by atoms with Gasteiger partial charge in [-0.05, 0) is 41.6 Å². The second-order valence-electron chi connectivity index (χ2n) is 5.02. The van der Waals surface area contributed by atoms with Gasteiger partial charge >= 0.3 is 0 Å². The highest BCUT2D eigenvalue weighted by Crippen LogP contribution is 2.19. The Morgan fingerprint density at radius 3 is 2.85 bits per heavy atom. The van der Waals surface area contributed by atoms with Crippen molar-refractivity contribution in [1.29, 1.82) is 0 Å². The van der Waals surface area contributed by atoms with Gasteiger partial charge in [0.15, 0.2) is 0 Å². The summed E-state index contributed by atoms with van der Waals surface area (Å²) in [5.41, 5.74) is 3.34. The van der Waals surface area contributed by atoms with E-state index in [1.54, 1.807) is 12.1 Å². The summed E-state index contributed by atoms with van der Waals surface area (Å²) in [4.78, 5) is 3.26. The van der Waals surface area contributed by atoms with E-state index in [0.717, 1.165) is 17.6 Å². The predicted octanol–water partition coefficient (Wildman–Crippen LogP) is 4.16. The zero-order valence-corrected chi connectivity index (χ0v) is 11.4. The first-order valence-electron chi connectivity index (χ1n) is 6.78. The van der Waals surface area contributed by atoms with E-state index >= 15 is 0 Å². The van der Waals surface area contributed by atoms with Gasteiger partial charge in [-0.15, -0.1) is 0 Å². The first-order valence-corrected chi connectivity index (χ1v) is 6.78. The van der Waals surface area contributed by atoms with Gasteiger partial charge in [-0.1, -0.05) is 30.3 Å². The number of para-hydroxylation sites is 1. The normalized spacial score (nSPS) is 12.7. The van der Waals surface area contributed by atoms with Crippen LogP contribution in [0.4, 0.5) is 4.39 Å². The van der Waals surface area contributed by atoms with Crippen LogP contribution in [0.5, 0.6) is 0 Å². The standard InChI is InChI=1S/C17H17FN2/c1-12(14-5-3-7-16(18)10-14)20-11-15-6-2-4-13-8-9-19-17(13)15/h2-10,12,19-20H,11H2,1H3/t12-/m0/s1. The number of hydrogen-bond acceptors (Lipinski definition) is 1. The molecule has 0 aliphatic heterocycles. The van der Waals surface area contributed by atoms with Crippen LogP contribution in [0.1, 0.15) is 24.1 Å². The summed E-state index contributed by atoms with van der Waals surface area (Å²) in [6.07, 6.45) is 1.95. The Bertz CT molecular complexity index is 718. The van der Waals surface area contributed by atoms with Gasteiger partial charge in [0.25, 0.3) is 0 Å². The fourth-order valence-electron chi connectivity index (χ4n) is 2.45. The molecule has 0 aliphatic carbocycles. The van der Waals surface area contributed by atoms with Crippen molar-refractivity contribution in [3.8, 4) is 0 Å². The summed E-state index contributed by atoms with van der Waals surface area (Å²) in [6.45, 7) is 2.79. The van der Waals surface area contributed by atoms with E-state index in [1.807, 2.05) is 19.2 Å². The molecule has 1 aromatic heterocycles. The van der Waals surface area contributed by atoms with Crippen molar-refractivity contribution in [3.63, 3.8) is 0 Å². The topological polar surface area (TPSA) is 27.8 Å². The van der Waals surface area contributed by atoms with Crippen molar-refractivity contribution in [2.24, 2.45) is 0 Å². The zero-order valence-electron chi connectivity index (χ0n) is 11.4. The third-order valence-corrected chi connectivity index (χ3v) is 3.62. The van der Waals surface area contributed by atoms with Gasteiger partial charge in [0.2, 0.25) is 0 Å². The summed E-state index contributed by atoms with van der Waals surface area (Å²) >= 11 is 0. The Kier molecular flexibility index (Phi) is 3.52. The summed E-state index contributed by atoms with van der Waals surface area (Å²) < 4.78 is 13.2. The van der Waals surface area contributed by atoms with E-state index in [4.69, 9.17) is 0 Å². The molecule has 0 aliphatic rings. The fraction of sp³-hybridized carbons (Fsp3) is 0.176. The lowest BCUT2D eigenvalue weighted by Gasteiger charge is -2.15. The van der Waals surface area contributed by atoms with Crippen molar-refractivity contribution < 1.29 is 4.39 Å². The quantitative estimate of drug-likeness (QED) is 0.730. The van der Waals surface area contributed by atoms with E-state index in [1.165, 1.54) is 17.0 Å². The van der Waals surface area contributed by atoms with E-state index in [2.05, 4.69) is 34.6 Å². The summed E-state index contributed by atoms with van der Waals surface area (Å²) in [5, 5.41) is 4.65. The zero-order chi connectivity index (χ0) is 13.9. The maximum Gasteiger partial charge on any atom is 0.123 e. The lowest BCUT2D eigenvalue weighted by atomic mass is 10.1.